The van der Waals surface area contributed by atoms with Crippen LogP contribution in [0.15, 0.2) is 77.8 Å². The molecular formula is C25H20FN3O3S. The largest absolute Gasteiger partial charge is 0.486 e. The predicted molar refractivity (Wildman–Crippen MR) is 126 cm³/mol. The molecule has 0 radical (unpaired) electrons. The Morgan fingerprint density at radius 2 is 1.76 bits per heavy atom. The van der Waals surface area contributed by atoms with Gasteiger partial charge < -0.3 is 19.8 Å². The Kier molecular flexibility index (Phi) is 5.99. The van der Waals surface area contributed by atoms with Gasteiger partial charge in [-0.25, -0.2) is 9.37 Å². The number of hydrogen-bond donors (Lipinski definition) is 2. The van der Waals surface area contributed by atoms with Crippen molar-refractivity contribution in [1.29, 1.82) is 0 Å². The van der Waals surface area contributed by atoms with Crippen LogP contribution < -0.4 is 14.8 Å². The lowest BCUT2D eigenvalue weighted by Gasteiger charge is -2.18. The number of nitrogens with zero attached hydrogens (tertiary/aromatic N) is 1. The summed E-state index contributed by atoms with van der Waals surface area (Å²) in [6, 6.07) is 21.3. The van der Waals surface area contributed by atoms with Gasteiger partial charge in [-0.05, 0) is 24.3 Å². The zero-order chi connectivity index (χ0) is 22.6. The minimum Gasteiger partial charge on any atom is -0.486 e. The van der Waals surface area contributed by atoms with Gasteiger partial charge in [0, 0.05) is 22.9 Å². The molecule has 6 nitrogen and oxygen atoms in total. The highest BCUT2D eigenvalue weighted by Crippen LogP contribution is 2.34. The van der Waals surface area contributed by atoms with E-state index < -0.39 is 0 Å². The highest BCUT2D eigenvalue weighted by atomic mass is 32.2. The topological polar surface area (TPSA) is 76.2 Å². The molecule has 1 aliphatic heterocycles. The predicted octanol–water partition coefficient (Wildman–Crippen LogP) is 5.38. The number of anilines is 1. The SMILES string of the molecule is O=C(CSc1nc(-c2cccc(F)c2)[nH]c1-c1ccccc1)Nc1ccc2c(c1)OCCO2. The molecule has 2 N–H and O–H groups in total. The monoisotopic (exact) mass is 461 g/mol. The first-order valence-electron chi connectivity index (χ1n) is 10.4. The van der Waals surface area contributed by atoms with E-state index in [1.165, 1.54) is 23.9 Å². The van der Waals surface area contributed by atoms with Crippen LogP contribution in [0.1, 0.15) is 0 Å². The molecular weight excluding hydrogens is 441 g/mol. The molecule has 1 aliphatic rings. The van der Waals surface area contributed by atoms with Crippen molar-refractivity contribution >= 4 is 23.4 Å². The van der Waals surface area contributed by atoms with Crippen LogP contribution in [0.4, 0.5) is 10.1 Å². The number of fused-ring (bicyclic) bond motifs is 1. The number of aromatic nitrogens is 2. The third-order valence-electron chi connectivity index (χ3n) is 5.00. The number of carbonyl (C=O) groups excluding carboxylic acids is 1. The zero-order valence-electron chi connectivity index (χ0n) is 17.5. The third kappa shape index (κ3) is 4.85. The van der Waals surface area contributed by atoms with Crippen molar-refractivity contribution in [3.63, 3.8) is 0 Å². The number of thioether (sulfide) groups is 1. The average molecular weight is 462 g/mol. The summed E-state index contributed by atoms with van der Waals surface area (Å²) in [4.78, 5) is 20.6. The number of nitrogens with one attached hydrogen (secondary N) is 2. The van der Waals surface area contributed by atoms with Crippen LogP contribution in [0.5, 0.6) is 11.5 Å². The lowest BCUT2D eigenvalue weighted by molar-refractivity contribution is -0.113. The van der Waals surface area contributed by atoms with Gasteiger partial charge in [-0.15, -0.1) is 0 Å². The first kappa shape index (κ1) is 21.1. The maximum Gasteiger partial charge on any atom is 0.234 e. The summed E-state index contributed by atoms with van der Waals surface area (Å²) in [5.41, 5.74) is 2.99. The van der Waals surface area contributed by atoms with Crippen LogP contribution in [0.2, 0.25) is 0 Å². The molecule has 0 saturated heterocycles. The number of H-pyrrole nitrogens is 1. The Hall–Kier alpha value is -3.78. The fraction of sp³-hybridized carbons (Fsp3) is 0.120. The summed E-state index contributed by atoms with van der Waals surface area (Å²) in [5, 5.41) is 3.55. The minimum atomic E-state index is -0.335. The van der Waals surface area contributed by atoms with Crippen molar-refractivity contribution in [3.05, 3.63) is 78.6 Å². The van der Waals surface area contributed by atoms with Gasteiger partial charge in [0.2, 0.25) is 5.91 Å². The molecule has 2 heterocycles. The van der Waals surface area contributed by atoms with E-state index in [0.29, 0.717) is 46.8 Å². The van der Waals surface area contributed by atoms with E-state index in [1.807, 2.05) is 30.3 Å². The average Bonchev–Trinajstić information content (AvgIpc) is 3.28. The second-order valence-electron chi connectivity index (χ2n) is 7.34. The molecule has 0 atom stereocenters. The van der Waals surface area contributed by atoms with Gasteiger partial charge in [0.25, 0.3) is 0 Å². The first-order chi connectivity index (χ1) is 16.2. The van der Waals surface area contributed by atoms with Gasteiger partial charge in [-0.2, -0.15) is 0 Å². The van der Waals surface area contributed by atoms with Crippen LogP contribution >= 0.6 is 11.8 Å². The number of rotatable bonds is 6. The fourth-order valence-corrected chi connectivity index (χ4v) is 4.30. The molecule has 8 heteroatoms. The lowest BCUT2D eigenvalue weighted by Crippen LogP contribution is -2.17. The molecule has 1 amide bonds. The highest BCUT2D eigenvalue weighted by molar-refractivity contribution is 8.00. The van der Waals surface area contributed by atoms with Crippen molar-refractivity contribution in [3.8, 4) is 34.1 Å². The van der Waals surface area contributed by atoms with Crippen molar-refractivity contribution in [2.45, 2.75) is 5.03 Å². The molecule has 5 rings (SSSR count). The number of imidazole rings is 1. The molecule has 4 aromatic rings. The van der Waals surface area contributed by atoms with Crippen molar-refractivity contribution in [2.75, 3.05) is 24.3 Å². The van der Waals surface area contributed by atoms with Crippen LogP contribution in [-0.4, -0.2) is 34.8 Å². The van der Waals surface area contributed by atoms with E-state index in [2.05, 4.69) is 15.3 Å². The number of hydrogen-bond acceptors (Lipinski definition) is 5. The van der Waals surface area contributed by atoms with E-state index >= 15 is 0 Å². The van der Waals surface area contributed by atoms with Crippen molar-refractivity contribution < 1.29 is 18.7 Å². The summed E-state index contributed by atoms with van der Waals surface area (Å²) < 4.78 is 24.8. The van der Waals surface area contributed by atoms with Crippen LogP contribution in [0.25, 0.3) is 22.6 Å². The van der Waals surface area contributed by atoms with Crippen LogP contribution in [0.3, 0.4) is 0 Å². The fourth-order valence-electron chi connectivity index (χ4n) is 3.49. The molecule has 0 spiro atoms. The number of ether oxygens (including phenoxy) is 2. The van der Waals surface area contributed by atoms with E-state index in [0.717, 1.165) is 11.3 Å². The lowest BCUT2D eigenvalue weighted by atomic mass is 10.2. The normalized spacial score (nSPS) is 12.4. The Morgan fingerprint density at radius 1 is 0.970 bits per heavy atom. The molecule has 0 fully saturated rings. The standard InChI is InChI=1S/C25H20FN3O3S/c26-18-8-4-7-17(13-18)24-28-23(16-5-2-1-3-6-16)25(29-24)33-15-22(30)27-19-9-10-20-21(14-19)32-12-11-31-20/h1-10,13-14H,11-12,15H2,(H,27,30)(H,28,29). The molecule has 0 unspecified atom stereocenters. The van der Waals surface area contributed by atoms with Gasteiger partial charge in [0.15, 0.2) is 11.5 Å². The molecule has 1 aromatic heterocycles. The van der Waals surface area contributed by atoms with Crippen molar-refractivity contribution in [1.82, 2.24) is 9.97 Å². The number of carbonyl (C=O) groups is 1. The molecule has 166 valence electrons. The Morgan fingerprint density at radius 3 is 2.58 bits per heavy atom. The first-order valence-corrected chi connectivity index (χ1v) is 11.4. The van der Waals surface area contributed by atoms with E-state index in [1.54, 1.807) is 30.3 Å². The zero-order valence-corrected chi connectivity index (χ0v) is 18.3. The number of amides is 1. The summed E-state index contributed by atoms with van der Waals surface area (Å²) in [5.74, 6) is 1.47. The Labute approximate surface area is 194 Å². The maximum absolute atomic E-state index is 13.7. The van der Waals surface area contributed by atoms with E-state index in [-0.39, 0.29) is 17.5 Å². The summed E-state index contributed by atoms with van der Waals surface area (Å²) >= 11 is 1.31. The van der Waals surface area contributed by atoms with E-state index in [9.17, 15) is 9.18 Å². The second-order valence-corrected chi connectivity index (χ2v) is 8.30. The number of halogens is 1. The van der Waals surface area contributed by atoms with Gasteiger partial charge in [-0.1, -0.05) is 54.2 Å². The van der Waals surface area contributed by atoms with Gasteiger partial charge >= 0.3 is 0 Å². The third-order valence-corrected chi connectivity index (χ3v) is 5.97. The summed E-state index contributed by atoms with van der Waals surface area (Å²) in [7, 11) is 0. The highest BCUT2D eigenvalue weighted by Gasteiger charge is 2.17. The smallest absolute Gasteiger partial charge is 0.234 e. The summed E-state index contributed by atoms with van der Waals surface area (Å²) in [6.07, 6.45) is 0. The second kappa shape index (κ2) is 9.38. The van der Waals surface area contributed by atoms with Crippen LogP contribution in [0, 0.1) is 5.82 Å². The Balaban J connectivity index is 1.34. The van der Waals surface area contributed by atoms with Crippen LogP contribution in [-0.2, 0) is 4.79 Å². The summed E-state index contributed by atoms with van der Waals surface area (Å²) in [6.45, 7) is 0.996. The van der Waals surface area contributed by atoms with Crippen molar-refractivity contribution in [2.24, 2.45) is 0 Å². The van der Waals surface area contributed by atoms with E-state index in [4.69, 9.17) is 9.47 Å². The quantitative estimate of drug-likeness (QED) is 0.377. The molecule has 0 aliphatic carbocycles. The van der Waals surface area contributed by atoms with Gasteiger partial charge in [0.1, 0.15) is 29.9 Å². The number of benzene rings is 3. The van der Waals surface area contributed by atoms with Gasteiger partial charge in [-0.3, -0.25) is 4.79 Å². The van der Waals surface area contributed by atoms with Gasteiger partial charge in [0.05, 0.1) is 11.4 Å². The molecule has 0 bridgehead atoms. The Bertz CT molecular complexity index is 1290. The maximum atomic E-state index is 13.7. The number of aromatic amines is 1. The molecule has 3 aromatic carbocycles. The minimum absolute atomic E-state index is 0.154. The molecule has 33 heavy (non-hydrogen) atoms. The molecule has 0 saturated carbocycles.